The number of phenolic OH excluding ortho intramolecular Hbond substituents is 1. The molecule has 0 spiro atoms. The van der Waals surface area contributed by atoms with E-state index in [0.29, 0.717) is 41.3 Å². The lowest BCUT2D eigenvalue weighted by atomic mass is 10.1. The van der Waals surface area contributed by atoms with Gasteiger partial charge < -0.3 is 29.1 Å². The van der Waals surface area contributed by atoms with Crippen LogP contribution in [0.25, 0.3) is 11.0 Å². The van der Waals surface area contributed by atoms with Gasteiger partial charge in [-0.1, -0.05) is 0 Å². The highest BCUT2D eigenvalue weighted by atomic mass is 16.5. The molecule has 1 amide bonds. The normalized spacial score (nSPS) is 16.5. The van der Waals surface area contributed by atoms with E-state index in [4.69, 9.17) is 18.6 Å². The summed E-state index contributed by atoms with van der Waals surface area (Å²) >= 11 is 0. The Bertz CT molecular complexity index is 1160. The number of methoxy groups -OCH3 is 2. The Morgan fingerprint density at radius 1 is 1.19 bits per heavy atom. The molecule has 8 nitrogen and oxygen atoms in total. The fourth-order valence-corrected chi connectivity index (χ4v) is 3.45. The summed E-state index contributed by atoms with van der Waals surface area (Å²) < 4.78 is 22.2. The molecule has 1 fully saturated rings. The highest BCUT2D eigenvalue weighted by Crippen LogP contribution is 2.31. The lowest BCUT2D eigenvalue weighted by Crippen LogP contribution is -2.34. The fraction of sp³-hybridized carbons (Fsp3) is 0.304. The first-order valence-corrected chi connectivity index (χ1v) is 10.0. The van der Waals surface area contributed by atoms with E-state index in [9.17, 15) is 9.90 Å². The van der Waals surface area contributed by atoms with Gasteiger partial charge in [-0.05, 0) is 43.2 Å². The van der Waals surface area contributed by atoms with Gasteiger partial charge in [-0.25, -0.2) is 4.99 Å². The third-order valence-electron chi connectivity index (χ3n) is 5.10. The second-order valence-electron chi connectivity index (χ2n) is 7.18. The Kier molecular flexibility index (Phi) is 6.08. The third-order valence-corrected chi connectivity index (χ3v) is 5.10. The number of carbonyl (C=O) groups excluding carboxylic acids is 1. The molecule has 2 heterocycles. The first-order valence-electron chi connectivity index (χ1n) is 10.0. The maximum Gasteiger partial charge on any atom is 0.256 e. The molecule has 162 valence electrons. The number of carbonyl (C=O) groups is 1. The van der Waals surface area contributed by atoms with Crippen molar-refractivity contribution in [2.75, 3.05) is 27.4 Å². The minimum absolute atomic E-state index is 0.0113. The molecule has 1 saturated heterocycles. The summed E-state index contributed by atoms with van der Waals surface area (Å²) in [4.78, 5) is 17.6. The van der Waals surface area contributed by atoms with Crippen molar-refractivity contribution in [3.05, 3.63) is 53.6 Å². The molecular weight excluding hydrogens is 400 g/mol. The molecule has 31 heavy (non-hydrogen) atoms. The maximum absolute atomic E-state index is 13.0. The zero-order valence-electron chi connectivity index (χ0n) is 17.4. The molecule has 1 atom stereocenters. The van der Waals surface area contributed by atoms with Crippen molar-refractivity contribution in [2.24, 2.45) is 4.99 Å². The van der Waals surface area contributed by atoms with E-state index in [2.05, 4.69) is 10.3 Å². The van der Waals surface area contributed by atoms with Crippen LogP contribution in [0.1, 0.15) is 23.2 Å². The number of hydrogen-bond acceptors (Lipinski definition) is 7. The summed E-state index contributed by atoms with van der Waals surface area (Å²) in [6, 6.07) is 11.5. The molecule has 0 aliphatic carbocycles. The van der Waals surface area contributed by atoms with Crippen LogP contribution >= 0.6 is 0 Å². The predicted octanol–water partition coefficient (Wildman–Crippen LogP) is 3.30. The topological polar surface area (TPSA) is 103 Å². The van der Waals surface area contributed by atoms with Gasteiger partial charge in [-0.15, -0.1) is 0 Å². The Morgan fingerprint density at radius 2 is 2.06 bits per heavy atom. The summed E-state index contributed by atoms with van der Waals surface area (Å²) in [6.07, 6.45) is 1.92. The summed E-state index contributed by atoms with van der Waals surface area (Å²) in [7, 11) is 3.09. The number of benzene rings is 2. The number of phenols is 1. The van der Waals surface area contributed by atoms with Crippen molar-refractivity contribution in [3.63, 3.8) is 0 Å². The number of nitrogens with one attached hydrogen (secondary N) is 1. The number of aromatic hydroxyl groups is 1. The molecule has 1 aliphatic rings. The van der Waals surface area contributed by atoms with Gasteiger partial charge in [-0.2, -0.15) is 0 Å². The molecule has 2 aromatic carbocycles. The van der Waals surface area contributed by atoms with Crippen molar-refractivity contribution in [1.29, 1.82) is 0 Å². The minimum Gasteiger partial charge on any atom is -0.508 e. The average Bonchev–Trinajstić information content (AvgIpc) is 3.30. The van der Waals surface area contributed by atoms with E-state index in [-0.39, 0.29) is 28.9 Å². The van der Waals surface area contributed by atoms with Crippen molar-refractivity contribution in [1.82, 2.24) is 5.32 Å². The summed E-state index contributed by atoms with van der Waals surface area (Å²) in [5, 5.41) is 13.4. The number of nitrogens with zero attached hydrogens (tertiary/aromatic N) is 1. The Balaban J connectivity index is 1.81. The van der Waals surface area contributed by atoms with E-state index in [1.54, 1.807) is 37.4 Å². The number of amides is 1. The molecule has 4 rings (SSSR count). The molecule has 0 bridgehead atoms. The van der Waals surface area contributed by atoms with Gasteiger partial charge in [0.05, 0.1) is 20.3 Å². The quantitative estimate of drug-likeness (QED) is 0.630. The Labute approximate surface area is 179 Å². The summed E-state index contributed by atoms with van der Waals surface area (Å²) in [5.74, 6) is 0.812. The summed E-state index contributed by atoms with van der Waals surface area (Å²) in [5.41, 5.74) is 1.20. The Hall–Kier alpha value is -3.52. The van der Waals surface area contributed by atoms with Crippen LogP contribution in [-0.4, -0.2) is 44.5 Å². The van der Waals surface area contributed by atoms with Gasteiger partial charge >= 0.3 is 0 Å². The highest BCUT2D eigenvalue weighted by molar-refractivity contribution is 5.96. The van der Waals surface area contributed by atoms with E-state index in [0.717, 1.165) is 12.8 Å². The van der Waals surface area contributed by atoms with Crippen LogP contribution in [0.4, 0.5) is 5.69 Å². The van der Waals surface area contributed by atoms with Crippen LogP contribution in [0.15, 0.2) is 51.9 Å². The Morgan fingerprint density at radius 3 is 2.81 bits per heavy atom. The molecule has 0 unspecified atom stereocenters. The minimum atomic E-state index is -0.324. The van der Waals surface area contributed by atoms with Crippen molar-refractivity contribution in [3.8, 4) is 17.2 Å². The zero-order chi connectivity index (χ0) is 21.8. The van der Waals surface area contributed by atoms with Crippen LogP contribution in [0.5, 0.6) is 17.2 Å². The van der Waals surface area contributed by atoms with Gasteiger partial charge in [0.15, 0.2) is 0 Å². The lowest BCUT2D eigenvalue weighted by Gasteiger charge is -2.11. The largest absolute Gasteiger partial charge is 0.508 e. The SMILES string of the molecule is COc1ccc(OC)c(N=c2oc3cc(O)ccc3cc2C(=O)NC[C@H]2CCCO2)c1. The maximum atomic E-state index is 13.0. The van der Waals surface area contributed by atoms with Gasteiger partial charge in [0, 0.05) is 30.7 Å². The summed E-state index contributed by atoms with van der Waals surface area (Å²) in [6.45, 7) is 1.12. The molecule has 1 aliphatic heterocycles. The number of hydrogen-bond donors (Lipinski definition) is 2. The van der Waals surface area contributed by atoms with Gasteiger partial charge in [0.1, 0.15) is 34.1 Å². The second-order valence-corrected chi connectivity index (χ2v) is 7.18. The smallest absolute Gasteiger partial charge is 0.256 e. The van der Waals surface area contributed by atoms with Gasteiger partial charge in [0.25, 0.3) is 5.91 Å². The molecule has 0 radical (unpaired) electrons. The van der Waals surface area contributed by atoms with Crippen molar-refractivity contribution < 1.29 is 28.5 Å². The first-order chi connectivity index (χ1) is 15.1. The highest BCUT2D eigenvalue weighted by Gasteiger charge is 2.19. The van der Waals surface area contributed by atoms with E-state index < -0.39 is 0 Å². The lowest BCUT2D eigenvalue weighted by molar-refractivity contribution is 0.0854. The van der Waals surface area contributed by atoms with Crippen LogP contribution in [-0.2, 0) is 4.74 Å². The van der Waals surface area contributed by atoms with E-state index in [1.807, 2.05) is 0 Å². The molecule has 0 saturated carbocycles. The second kappa shape index (κ2) is 9.09. The first kappa shape index (κ1) is 20.7. The zero-order valence-corrected chi connectivity index (χ0v) is 17.4. The van der Waals surface area contributed by atoms with Crippen LogP contribution < -0.4 is 20.3 Å². The fourth-order valence-electron chi connectivity index (χ4n) is 3.45. The predicted molar refractivity (Wildman–Crippen MR) is 114 cm³/mol. The number of fused-ring (bicyclic) bond motifs is 1. The third kappa shape index (κ3) is 4.64. The monoisotopic (exact) mass is 424 g/mol. The average molecular weight is 424 g/mol. The van der Waals surface area contributed by atoms with Crippen molar-refractivity contribution in [2.45, 2.75) is 18.9 Å². The number of rotatable bonds is 6. The van der Waals surface area contributed by atoms with Crippen molar-refractivity contribution >= 4 is 22.6 Å². The standard InChI is InChI=1S/C23H24N2O6/c1-28-16-7-8-20(29-2)19(12-16)25-23-18(22(27)24-13-17-4-3-9-30-17)10-14-5-6-15(26)11-21(14)31-23/h5-8,10-12,17,26H,3-4,9,13H2,1-2H3,(H,24,27)/t17-/m1/s1. The van der Waals surface area contributed by atoms with E-state index >= 15 is 0 Å². The van der Waals surface area contributed by atoms with Gasteiger partial charge in [-0.3, -0.25) is 4.79 Å². The van der Waals surface area contributed by atoms with Gasteiger partial charge in [0.2, 0.25) is 5.55 Å². The molecule has 3 aromatic rings. The molecule has 1 aromatic heterocycles. The molecule has 8 heteroatoms. The van der Waals surface area contributed by atoms with Crippen LogP contribution in [0.2, 0.25) is 0 Å². The molecule has 2 N–H and O–H groups in total. The van der Waals surface area contributed by atoms with Crippen LogP contribution in [0.3, 0.4) is 0 Å². The van der Waals surface area contributed by atoms with Crippen LogP contribution in [0, 0.1) is 0 Å². The number of ether oxygens (including phenoxy) is 3. The molecular formula is C23H24N2O6. The van der Waals surface area contributed by atoms with E-state index in [1.165, 1.54) is 19.2 Å².